The highest BCUT2D eigenvalue weighted by Gasteiger charge is 2.30. The van der Waals surface area contributed by atoms with Crippen LogP contribution in [0.2, 0.25) is 0 Å². The van der Waals surface area contributed by atoms with Gasteiger partial charge in [0.15, 0.2) is 0 Å². The summed E-state index contributed by atoms with van der Waals surface area (Å²) in [6.45, 7) is 8.25. The summed E-state index contributed by atoms with van der Waals surface area (Å²) >= 11 is 6.55. The molecule has 1 saturated heterocycles. The van der Waals surface area contributed by atoms with Crippen molar-refractivity contribution in [3.8, 4) is 0 Å². The van der Waals surface area contributed by atoms with E-state index in [2.05, 4.69) is 32.6 Å². The lowest BCUT2D eigenvalue weighted by atomic mass is 10.1. The summed E-state index contributed by atoms with van der Waals surface area (Å²) in [5.74, 6) is -0.0341. The number of thiocarbonyl (C=S) groups is 1. The Hall–Kier alpha value is -1.39. The standard InChI is InChI=1S/C15H15NOS2/c1-4-7-16-14(17)13(19-15(16)18)9-12-6-5-10(2)11(3)8-12/h4-6,8-9H,1,7H2,2-3H3/b13-9-. The Bertz CT molecular complexity index is 590. The van der Waals surface area contributed by atoms with Gasteiger partial charge in [-0.3, -0.25) is 9.69 Å². The Morgan fingerprint density at radius 3 is 2.74 bits per heavy atom. The second kappa shape index (κ2) is 5.72. The number of nitrogens with zero attached hydrogens (tertiary/aromatic N) is 1. The minimum absolute atomic E-state index is 0.0341. The Morgan fingerprint density at radius 2 is 2.11 bits per heavy atom. The molecule has 1 fully saturated rings. The van der Waals surface area contributed by atoms with Crippen LogP contribution in [0, 0.1) is 13.8 Å². The Kier molecular flexibility index (Phi) is 4.22. The number of thioether (sulfide) groups is 1. The number of rotatable bonds is 3. The molecule has 1 aromatic carbocycles. The fraction of sp³-hybridized carbons (Fsp3) is 0.200. The first-order valence-electron chi connectivity index (χ1n) is 5.96. The molecule has 0 unspecified atom stereocenters. The molecule has 1 amide bonds. The predicted octanol–water partition coefficient (Wildman–Crippen LogP) is 3.69. The zero-order chi connectivity index (χ0) is 14.0. The van der Waals surface area contributed by atoms with Crippen LogP contribution in [0.4, 0.5) is 0 Å². The Balaban J connectivity index is 2.29. The van der Waals surface area contributed by atoms with Crippen molar-refractivity contribution < 1.29 is 4.79 Å². The van der Waals surface area contributed by atoms with E-state index in [9.17, 15) is 4.79 Å². The Labute approximate surface area is 123 Å². The lowest BCUT2D eigenvalue weighted by molar-refractivity contribution is -0.121. The monoisotopic (exact) mass is 289 g/mol. The summed E-state index contributed by atoms with van der Waals surface area (Å²) in [4.78, 5) is 14.4. The third kappa shape index (κ3) is 2.96. The quantitative estimate of drug-likeness (QED) is 0.481. The minimum Gasteiger partial charge on any atom is -0.289 e. The highest BCUT2D eigenvalue weighted by molar-refractivity contribution is 8.26. The minimum atomic E-state index is -0.0341. The number of carbonyl (C=O) groups is 1. The maximum Gasteiger partial charge on any atom is 0.266 e. The highest BCUT2D eigenvalue weighted by atomic mass is 32.2. The van der Waals surface area contributed by atoms with Crippen molar-refractivity contribution in [2.45, 2.75) is 13.8 Å². The van der Waals surface area contributed by atoms with Gasteiger partial charge < -0.3 is 0 Å². The Morgan fingerprint density at radius 1 is 1.37 bits per heavy atom. The molecule has 0 N–H and O–H groups in total. The van der Waals surface area contributed by atoms with Crippen LogP contribution in [0.15, 0.2) is 35.8 Å². The van der Waals surface area contributed by atoms with Crippen molar-refractivity contribution in [3.05, 3.63) is 52.4 Å². The van der Waals surface area contributed by atoms with Gasteiger partial charge in [-0.05, 0) is 36.6 Å². The molecule has 0 radical (unpaired) electrons. The normalized spacial score (nSPS) is 17.4. The van der Waals surface area contributed by atoms with Crippen LogP contribution in [0.25, 0.3) is 6.08 Å². The number of carbonyl (C=O) groups excluding carboxylic acids is 1. The number of benzene rings is 1. The van der Waals surface area contributed by atoms with E-state index in [1.165, 1.54) is 22.9 Å². The summed E-state index contributed by atoms with van der Waals surface area (Å²) in [5, 5.41) is 0. The van der Waals surface area contributed by atoms with Crippen molar-refractivity contribution >= 4 is 40.3 Å². The topological polar surface area (TPSA) is 20.3 Å². The van der Waals surface area contributed by atoms with Crippen LogP contribution in [0.5, 0.6) is 0 Å². The van der Waals surface area contributed by atoms with Gasteiger partial charge in [-0.2, -0.15) is 0 Å². The molecule has 0 saturated carbocycles. The first-order chi connectivity index (χ1) is 9.02. The second-order valence-electron chi connectivity index (χ2n) is 4.42. The molecule has 1 heterocycles. The molecule has 0 spiro atoms. The molecule has 19 heavy (non-hydrogen) atoms. The van der Waals surface area contributed by atoms with Crippen LogP contribution >= 0.6 is 24.0 Å². The molecule has 1 aliphatic rings. The second-order valence-corrected chi connectivity index (χ2v) is 6.10. The third-order valence-electron chi connectivity index (χ3n) is 3.01. The molecule has 2 nitrogen and oxygen atoms in total. The van der Waals surface area contributed by atoms with Crippen molar-refractivity contribution in [2.75, 3.05) is 6.54 Å². The zero-order valence-electron chi connectivity index (χ0n) is 11.0. The average Bonchev–Trinajstić information content (AvgIpc) is 2.62. The first kappa shape index (κ1) is 14.0. The van der Waals surface area contributed by atoms with Crippen LogP contribution in [0.1, 0.15) is 16.7 Å². The summed E-state index contributed by atoms with van der Waals surface area (Å²) in [7, 11) is 0. The van der Waals surface area contributed by atoms with Gasteiger partial charge in [0.2, 0.25) is 0 Å². The van der Waals surface area contributed by atoms with Crippen molar-refractivity contribution in [2.24, 2.45) is 0 Å². The first-order valence-corrected chi connectivity index (χ1v) is 7.19. The van der Waals surface area contributed by atoms with E-state index in [-0.39, 0.29) is 5.91 Å². The molecule has 4 heteroatoms. The SMILES string of the molecule is C=CCN1C(=O)/C(=C/c2ccc(C)c(C)c2)SC1=S. The van der Waals surface area contributed by atoms with Gasteiger partial charge >= 0.3 is 0 Å². The number of aryl methyl sites for hydroxylation is 2. The highest BCUT2D eigenvalue weighted by Crippen LogP contribution is 2.32. The van der Waals surface area contributed by atoms with E-state index >= 15 is 0 Å². The summed E-state index contributed by atoms with van der Waals surface area (Å²) in [6, 6.07) is 6.16. The number of amides is 1. The fourth-order valence-corrected chi connectivity index (χ4v) is 3.07. The van der Waals surface area contributed by atoms with Crippen molar-refractivity contribution in [1.82, 2.24) is 4.90 Å². The van der Waals surface area contributed by atoms with Gasteiger partial charge in [0.1, 0.15) is 4.32 Å². The average molecular weight is 289 g/mol. The lowest BCUT2D eigenvalue weighted by Crippen LogP contribution is -2.27. The molecule has 0 aromatic heterocycles. The van der Waals surface area contributed by atoms with Gasteiger partial charge in [-0.15, -0.1) is 6.58 Å². The molecule has 1 aliphatic heterocycles. The predicted molar refractivity (Wildman–Crippen MR) is 86.0 cm³/mol. The number of hydrogen-bond donors (Lipinski definition) is 0. The van der Waals surface area contributed by atoms with E-state index in [1.54, 1.807) is 11.0 Å². The van der Waals surface area contributed by atoms with Crippen molar-refractivity contribution in [1.29, 1.82) is 0 Å². The maximum absolute atomic E-state index is 12.2. The fourth-order valence-electron chi connectivity index (χ4n) is 1.79. The summed E-state index contributed by atoms with van der Waals surface area (Å²) < 4.78 is 0.597. The van der Waals surface area contributed by atoms with E-state index in [0.29, 0.717) is 15.8 Å². The molecular formula is C15H15NOS2. The van der Waals surface area contributed by atoms with Crippen molar-refractivity contribution in [3.63, 3.8) is 0 Å². The van der Waals surface area contributed by atoms with Gasteiger partial charge in [-0.1, -0.05) is 48.3 Å². The van der Waals surface area contributed by atoms with Crippen LogP contribution in [0.3, 0.4) is 0 Å². The maximum atomic E-state index is 12.2. The van der Waals surface area contributed by atoms with E-state index in [1.807, 2.05) is 12.1 Å². The third-order valence-corrected chi connectivity index (χ3v) is 4.39. The van der Waals surface area contributed by atoms with Gasteiger partial charge in [0.25, 0.3) is 5.91 Å². The largest absolute Gasteiger partial charge is 0.289 e. The van der Waals surface area contributed by atoms with Gasteiger partial charge in [0, 0.05) is 6.54 Å². The van der Waals surface area contributed by atoms with Crippen LogP contribution < -0.4 is 0 Å². The van der Waals surface area contributed by atoms with E-state index in [4.69, 9.17) is 12.2 Å². The lowest BCUT2D eigenvalue weighted by Gasteiger charge is -2.10. The zero-order valence-corrected chi connectivity index (χ0v) is 12.6. The molecule has 0 bridgehead atoms. The summed E-state index contributed by atoms with van der Waals surface area (Å²) in [5.41, 5.74) is 3.49. The van der Waals surface area contributed by atoms with Crippen LogP contribution in [-0.2, 0) is 4.79 Å². The van der Waals surface area contributed by atoms with Gasteiger partial charge in [-0.25, -0.2) is 0 Å². The van der Waals surface area contributed by atoms with E-state index in [0.717, 1.165) is 5.56 Å². The molecule has 0 atom stereocenters. The molecule has 0 aliphatic carbocycles. The van der Waals surface area contributed by atoms with E-state index < -0.39 is 0 Å². The summed E-state index contributed by atoms with van der Waals surface area (Å²) in [6.07, 6.45) is 3.58. The van der Waals surface area contributed by atoms with Gasteiger partial charge in [0.05, 0.1) is 4.91 Å². The molecule has 1 aromatic rings. The number of hydrogen-bond acceptors (Lipinski definition) is 3. The molecule has 98 valence electrons. The molecular weight excluding hydrogens is 274 g/mol. The van der Waals surface area contributed by atoms with Crippen LogP contribution in [-0.4, -0.2) is 21.7 Å². The smallest absolute Gasteiger partial charge is 0.266 e. The molecule has 2 rings (SSSR count).